The number of likely N-dealkylation sites (tertiary alicyclic amines) is 1. The Morgan fingerprint density at radius 1 is 1.21 bits per heavy atom. The maximum Gasteiger partial charge on any atom is 0.417 e. The molecular formula is C21H20F5N5O3. The predicted molar refractivity (Wildman–Crippen MR) is 111 cm³/mol. The molecule has 182 valence electrons. The molecule has 0 unspecified atom stereocenters. The van der Waals surface area contributed by atoms with Gasteiger partial charge in [0.05, 0.1) is 11.1 Å². The third kappa shape index (κ3) is 5.03. The van der Waals surface area contributed by atoms with Crippen LogP contribution < -0.4 is 10.1 Å². The lowest BCUT2D eigenvalue weighted by Crippen LogP contribution is -2.47. The van der Waals surface area contributed by atoms with E-state index in [9.17, 15) is 26.7 Å². The van der Waals surface area contributed by atoms with E-state index in [0.29, 0.717) is 43.5 Å². The summed E-state index contributed by atoms with van der Waals surface area (Å²) >= 11 is 0. The molecule has 1 aromatic carbocycles. The number of fused-ring (bicyclic) bond motifs is 1. The Morgan fingerprint density at radius 2 is 2.00 bits per heavy atom. The van der Waals surface area contributed by atoms with Crippen LogP contribution in [0.5, 0.6) is 5.75 Å². The average molecular weight is 485 g/mol. The van der Waals surface area contributed by atoms with Gasteiger partial charge in [0.2, 0.25) is 5.95 Å². The lowest BCUT2D eigenvalue weighted by Gasteiger charge is -2.35. The molecule has 0 spiro atoms. The Morgan fingerprint density at radius 3 is 2.71 bits per heavy atom. The highest BCUT2D eigenvalue weighted by Crippen LogP contribution is 2.40. The molecule has 34 heavy (non-hydrogen) atoms. The van der Waals surface area contributed by atoms with Crippen LogP contribution in [0.2, 0.25) is 0 Å². The van der Waals surface area contributed by atoms with Crippen molar-refractivity contribution >= 4 is 17.9 Å². The average Bonchev–Trinajstić information content (AvgIpc) is 3.23. The SMILES string of the molecule is CN1C[C@H](Nc2nnc(-c3ccc(OC(F)F)cc3C(F)(F)F)c3cccn23)C[C@@H](OC=O)C1. The van der Waals surface area contributed by atoms with Crippen molar-refractivity contribution in [2.75, 3.05) is 25.5 Å². The van der Waals surface area contributed by atoms with Crippen LogP contribution >= 0.6 is 0 Å². The summed E-state index contributed by atoms with van der Waals surface area (Å²) in [6, 6.07) is 5.60. The van der Waals surface area contributed by atoms with Gasteiger partial charge in [-0.2, -0.15) is 22.0 Å². The van der Waals surface area contributed by atoms with Gasteiger partial charge in [-0.05, 0) is 37.4 Å². The van der Waals surface area contributed by atoms with E-state index in [2.05, 4.69) is 20.3 Å². The molecule has 3 aromatic rings. The van der Waals surface area contributed by atoms with Crippen molar-refractivity contribution in [3.05, 3.63) is 42.1 Å². The summed E-state index contributed by atoms with van der Waals surface area (Å²) < 4.78 is 77.0. The van der Waals surface area contributed by atoms with Gasteiger partial charge in [-0.1, -0.05) is 0 Å². The van der Waals surface area contributed by atoms with Gasteiger partial charge in [-0.25, -0.2) is 0 Å². The van der Waals surface area contributed by atoms with Gasteiger partial charge < -0.3 is 19.7 Å². The third-order valence-corrected chi connectivity index (χ3v) is 5.42. The highest BCUT2D eigenvalue weighted by Gasteiger charge is 2.36. The smallest absolute Gasteiger partial charge is 0.417 e. The molecule has 1 aliphatic rings. The van der Waals surface area contributed by atoms with E-state index in [-0.39, 0.29) is 23.4 Å². The quantitative estimate of drug-likeness (QED) is 0.404. The molecule has 0 amide bonds. The summed E-state index contributed by atoms with van der Waals surface area (Å²) in [6.45, 7) is -1.67. The highest BCUT2D eigenvalue weighted by atomic mass is 19.4. The number of rotatable bonds is 7. The number of carbonyl (C=O) groups is 1. The van der Waals surface area contributed by atoms with Gasteiger partial charge in [0.15, 0.2) is 0 Å². The number of nitrogens with zero attached hydrogens (tertiary/aromatic N) is 4. The minimum absolute atomic E-state index is 0.0746. The Hall–Kier alpha value is -3.48. The van der Waals surface area contributed by atoms with E-state index in [0.717, 1.165) is 12.1 Å². The second-order valence-corrected chi connectivity index (χ2v) is 7.87. The number of hydrogen-bond acceptors (Lipinski definition) is 7. The number of likely N-dealkylation sites (N-methyl/N-ethyl adjacent to an activating group) is 1. The molecule has 8 nitrogen and oxygen atoms in total. The zero-order chi connectivity index (χ0) is 24.5. The van der Waals surface area contributed by atoms with E-state index < -0.39 is 24.1 Å². The van der Waals surface area contributed by atoms with E-state index in [1.165, 1.54) is 0 Å². The molecule has 2 aromatic heterocycles. The van der Waals surface area contributed by atoms with Crippen LogP contribution in [0.3, 0.4) is 0 Å². The number of nitrogens with one attached hydrogen (secondary N) is 1. The molecule has 3 heterocycles. The minimum atomic E-state index is -4.85. The number of anilines is 1. The Bertz CT molecular complexity index is 1170. The lowest BCUT2D eigenvalue weighted by atomic mass is 10.0. The number of halogens is 5. The second kappa shape index (κ2) is 9.41. The van der Waals surface area contributed by atoms with Crippen LogP contribution in [0.25, 0.3) is 16.8 Å². The number of benzene rings is 1. The summed E-state index contributed by atoms with van der Waals surface area (Å²) in [4.78, 5) is 12.7. The number of hydrogen-bond donors (Lipinski definition) is 1. The monoisotopic (exact) mass is 485 g/mol. The van der Waals surface area contributed by atoms with Crippen molar-refractivity contribution in [3.8, 4) is 17.0 Å². The molecule has 0 bridgehead atoms. The number of piperidine rings is 1. The van der Waals surface area contributed by atoms with Crippen molar-refractivity contribution in [1.82, 2.24) is 19.5 Å². The van der Waals surface area contributed by atoms with Gasteiger partial charge in [0.1, 0.15) is 17.5 Å². The molecule has 1 saturated heterocycles. The molecule has 1 fully saturated rings. The summed E-state index contributed by atoms with van der Waals surface area (Å²) in [5.74, 6) is -0.322. The number of alkyl halides is 5. The molecule has 1 N–H and O–H groups in total. The lowest BCUT2D eigenvalue weighted by molar-refractivity contribution is -0.137. The number of aromatic nitrogens is 3. The van der Waals surface area contributed by atoms with Crippen molar-refractivity contribution < 1.29 is 36.2 Å². The van der Waals surface area contributed by atoms with Gasteiger partial charge in [-0.15, -0.1) is 10.2 Å². The summed E-state index contributed by atoms with van der Waals surface area (Å²) in [6.07, 6.45) is -3.04. The summed E-state index contributed by atoms with van der Waals surface area (Å²) in [5, 5.41) is 11.3. The van der Waals surface area contributed by atoms with Crippen LogP contribution in [0.15, 0.2) is 36.5 Å². The van der Waals surface area contributed by atoms with E-state index in [4.69, 9.17) is 4.74 Å². The van der Waals surface area contributed by atoms with E-state index in [1.807, 2.05) is 11.9 Å². The topological polar surface area (TPSA) is 81.0 Å². The summed E-state index contributed by atoms with van der Waals surface area (Å²) in [5.41, 5.74) is -1.25. The fraction of sp³-hybridized carbons (Fsp3) is 0.381. The first-order valence-corrected chi connectivity index (χ1v) is 10.2. The fourth-order valence-corrected chi connectivity index (χ4v) is 4.12. The fourth-order valence-electron chi connectivity index (χ4n) is 4.12. The molecule has 4 rings (SSSR count). The highest BCUT2D eigenvalue weighted by molar-refractivity contribution is 5.80. The second-order valence-electron chi connectivity index (χ2n) is 7.87. The van der Waals surface area contributed by atoms with Crippen LogP contribution in [-0.2, 0) is 15.7 Å². The first kappa shape index (κ1) is 23.7. The third-order valence-electron chi connectivity index (χ3n) is 5.42. The maximum atomic E-state index is 13.8. The zero-order valence-electron chi connectivity index (χ0n) is 17.8. The summed E-state index contributed by atoms with van der Waals surface area (Å²) in [7, 11) is 1.87. The van der Waals surface area contributed by atoms with Crippen LogP contribution in [-0.4, -0.2) is 64.9 Å². The zero-order valence-corrected chi connectivity index (χ0v) is 17.8. The first-order valence-electron chi connectivity index (χ1n) is 10.2. The molecule has 0 radical (unpaired) electrons. The van der Waals surface area contributed by atoms with Crippen molar-refractivity contribution in [2.45, 2.75) is 31.4 Å². The standard InChI is InChI=1S/C21H20F5N5O3/c1-30-9-12(7-14(10-30)33-11-32)27-20-29-28-18(17-3-2-6-31(17)20)15-5-4-13(34-19(22)23)8-16(15)21(24,25)26/h2-6,8,11-12,14,19H,7,9-10H2,1H3,(H,27,29)/t12-,14-/m1/s1. The molecule has 2 atom stereocenters. The van der Waals surface area contributed by atoms with Crippen molar-refractivity contribution in [1.29, 1.82) is 0 Å². The molecule has 0 saturated carbocycles. The van der Waals surface area contributed by atoms with Gasteiger partial charge in [-0.3, -0.25) is 9.20 Å². The van der Waals surface area contributed by atoms with Crippen molar-refractivity contribution in [3.63, 3.8) is 0 Å². The largest absolute Gasteiger partial charge is 0.463 e. The molecular weight excluding hydrogens is 465 g/mol. The Balaban J connectivity index is 1.70. The van der Waals surface area contributed by atoms with Crippen molar-refractivity contribution in [2.24, 2.45) is 0 Å². The minimum Gasteiger partial charge on any atom is -0.463 e. The van der Waals surface area contributed by atoms with Crippen LogP contribution in [0.1, 0.15) is 12.0 Å². The Kier molecular flexibility index (Phi) is 6.55. The normalized spacial score (nSPS) is 19.4. The van der Waals surface area contributed by atoms with Gasteiger partial charge in [0, 0.05) is 37.3 Å². The number of ether oxygens (including phenoxy) is 2. The van der Waals surface area contributed by atoms with Crippen LogP contribution in [0.4, 0.5) is 27.9 Å². The van der Waals surface area contributed by atoms with Gasteiger partial charge >= 0.3 is 12.8 Å². The van der Waals surface area contributed by atoms with Gasteiger partial charge in [0.25, 0.3) is 6.47 Å². The maximum absolute atomic E-state index is 13.8. The van der Waals surface area contributed by atoms with E-state index >= 15 is 0 Å². The molecule has 1 aliphatic heterocycles. The first-order chi connectivity index (χ1) is 16.2. The Labute approximate surface area is 190 Å². The molecule has 0 aliphatic carbocycles. The number of carbonyl (C=O) groups excluding carboxylic acids is 1. The molecule has 13 heteroatoms. The van der Waals surface area contributed by atoms with E-state index in [1.54, 1.807) is 22.7 Å². The predicted octanol–water partition coefficient (Wildman–Crippen LogP) is 3.67. The van der Waals surface area contributed by atoms with Crippen LogP contribution in [0, 0.1) is 0 Å².